The van der Waals surface area contributed by atoms with E-state index in [2.05, 4.69) is 4.72 Å². The maximum absolute atomic E-state index is 11.8. The van der Waals surface area contributed by atoms with Crippen LogP contribution < -0.4 is 16.2 Å². The lowest BCUT2D eigenvalue weighted by Crippen LogP contribution is -2.28. The number of rotatable bonds is 6. The van der Waals surface area contributed by atoms with E-state index in [9.17, 15) is 13.2 Å². The smallest absolute Gasteiger partial charge is 0.240 e. The number of hydrogen-bond donors (Lipinski definition) is 3. The van der Waals surface area contributed by atoms with Crippen LogP contribution in [0.15, 0.2) is 29.2 Å². The molecule has 5 N–H and O–H groups in total. The molecule has 0 radical (unpaired) electrons. The first-order chi connectivity index (χ1) is 8.33. The van der Waals surface area contributed by atoms with Crippen molar-refractivity contribution in [2.75, 3.05) is 6.54 Å². The van der Waals surface area contributed by atoms with E-state index in [-0.39, 0.29) is 23.9 Å². The number of amides is 1. The summed E-state index contributed by atoms with van der Waals surface area (Å²) < 4.78 is 25.9. The Bertz CT molecular complexity index is 509. The Kier molecular flexibility index (Phi) is 4.83. The third-order valence-electron chi connectivity index (χ3n) is 2.38. The van der Waals surface area contributed by atoms with Gasteiger partial charge in [-0.15, -0.1) is 0 Å². The standard InChI is InChI=1S/C11H17N3O3S/c1-8(12)9-2-4-10(5-3-9)18(16,17)14-7-6-11(13)15/h2-5,8,14H,6-7,12H2,1H3,(H2,13,15). The Morgan fingerprint density at radius 1 is 1.33 bits per heavy atom. The predicted octanol–water partition coefficient (Wildman–Crippen LogP) is -0.140. The molecule has 0 aliphatic carbocycles. The fraction of sp³-hybridized carbons (Fsp3) is 0.364. The van der Waals surface area contributed by atoms with E-state index in [1.165, 1.54) is 12.1 Å². The number of nitrogens with two attached hydrogens (primary N) is 2. The lowest BCUT2D eigenvalue weighted by Gasteiger charge is -2.08. The van der Waals surface area contributed by atoms with Crippen molar-refractivity contribution in [3.63, 3.8) is 0 Å². The van der Waals surface area contributed by atoms with E-state index in [0.29, 0.717) is 0 Å². The van der Waals surface area contributed by atoms with Crippen LogP contribution in [-0.4, -0.2) is 20.9 Å². The van der Waals surface area contributed by atoms with Crippen molar-refractivity contribution >= 4 is 15.9 Å². The molecule has 100 valence electrons. The molecule has 0 saturated carbocycles. The average Bonchev–Trinajstić information content (AvgIpc) is 2.28. The molecule has 1 aromatic carbocycles. The summed E-state index contributed by atoms with van der Waals surface area (Å²) in [6, 6.07) is 6.13. The van der Waals surface area contributed by atoms with Gasteiger partial charge in [0.15, 0.2) is 0 Å². The van der Waals surface area contributed by atoms with Crippen LogP contribution in [0.2, 0.25) is 0 Å². The van der Waals surface area contributed by atoms with Crippen LogP contribution in [0.3, 0.4) is 0 Å². The van der Waals surface area contributed by atoms with Crippen LogP contribution in [0.5, 0.6) is 0 Å². The summed E-state index contributed by atoms with van der Waals surface area (Å²) in [5, 5.41) is 0. The Hall–Kier alpha value is -1.44. The van der Waals surface area contributed by atoms with Gasteiger partial charge >= 0.3 is 0 Å². The van der Waals surface area contributed by atoms with Gasteiger partial charge in [0.2, 0.25) is 15.9 Å². The number of hydrogen-bond acceptors (Lipinski definition) is 4. The Morgan fingerprint density at radius 3 is 2.33 bits per heavy atom. The van der Waals surface area contributed by atoms with Crippen LogP contribution in [0.4, 0.5) is 0 Å². The van der Waals surface area contributed by atoms with Gasteiger partial charge in [0, 0.05) is 19.0 Å². The SMILES string of the molecule is CC(N)c1ccc(S(=O)(=O)NCCC(N)=O)cc1. The molecule has 6 nitrogen and oxygen atoms in total. The van der Waals surface area contributed by atoms with E-state index in [0.717, 1.165) is 5.56 Å². The number of nitrogens with one attached hydrogen (secondary N) is 1. The molecule has 0 saturated heterocycles. The van der Waals surface area contributed by atoms with Crippen LogP contribution in [0, 0.1) is 0 Å². The molecule has 1 rings (SSSR count). The molecule has 0 heterocycles. The molecule has 1 amide bonds. The van der Waals surface area contributed by atoms with Crippen molar-refractivity contribution < 1.29 is 13.2 Å². The molecule has 0 fully saturated rings. The molecule has 0 aliphatic heterocycles. The highest BCUT2D eigenvalue weighted by atomic mass is 32.2. The highest BCUT2D eigenvalue weighted by Gasteiger charge is 2.13. The van der Waals surface area contributed by atoms with E-state index < -0.39 is 15.9 Å². The first-order valence-corrected chi connectivity index (χ1v) is 6.95. The maximum atomic E-state index is 11.8. The number of sulfonamides is 1. The quantitative estimate of drug-likeness (QED) is 0.667. The molecular weight excluding hydrogens is 254 g/mol. The average molecular weight is 271 g/mol. The number of benzene rings is 1. The van der Waals surface area contributed by atoms with E-state index >= 15 is 0 Å². The second-order valence-electron chi connectivity index (χ2n) is 3.97. The second kappa shape index (κ2) is 5.94. The van der Waals surface area contributed by atoms with Gasteiger partial charge in [-0.05, 0) is 24.6 Å². The summed E-state index contributed by atoms with van der Waals surface area (Å²) in [5.41, 5.74) is 11.4. The van der Waals surface area contributed by atoms with Crippen LogP contribution >= 0.6 is 0 Å². The highest BCUT2D eigenvalue weighted by Crippen LogP contribution is 2.14. The number of carbonyl (C=O) groups excluding carboxylic acids is 1. The summed E-state index contributed by atoms with van der Waals surface area (Å²) in [6.07, 6.45) is -0.0306. The lowest BCUT2D eigenvalue weighted by molar-refractivity contribution is -0.117. The fourth-order valence-electron chi connectivity index (χ4n) is 1.34. The molecule has 1 atom stereocenters. The molecular formula is C11H17N3O3S. The van der Waals surface area contributed by atoms with Crippen molar-refractivity contribution in [1.29, 1.82) is 0 Å². The van der Waals surface area contributed by atoms with Gasteiger partial charge < -0.3 is 11.5 Å². The molecule has 0 aliphatic rings. The van der Waals surface area contributed by atoms with Crippen molar-refractivity contribution in [2.24, 2.45) is 11.5 Å². The number of carbonyl (C=O) groups is 1. The monoisotopic (exact) mass is 271 g/mol. The van der Waals surface area contributed by atoms with Gasteiger partial charge in [0.1, 0.15) is 0 Å². The Balaban J connectivity index is 2.76. The van der Waals surface area contributed by atoms with Crippen molar-refractivity contribution in [2.45, 2.75) is 24.3 Å². The molecule has 1 aromatic rings. The van der Waals surface area contributed by atoms with Crippen LogP contribution in [-0.2, 0) is 14.8 Å². The summed E-state index contributed by atoms with van der Waals surface area (Å²) in [5.74, 6) is -0.551. The van der Waals surface area contributed by atoms with Crippen molar-refractivity contribution in [3.05, 3.63) is 29.8 Å². The minimum atomic E-state index is -3.60. The molecule has 0 aromatic heterocycles. The third-order valence-corrected chi connectivity index (χ3v) is 3.86. The number of primary amides is 1. The topological polar surface area (TPSA) is 115 Å². The van der Waals surface area contributed by atoms with Gasteiger partial charge in [-0.25, -0.2) is 13.1 Å². The molecule has 1 unspecified atom stereocenters. The van der Waals surface area contributed by atoms with Gasteiger partial charge in [0.25, 0.3) is 0 Å². The molecule has 0 spiro atoms. The van der Waals surface area contributed by atoms with Crippen molar-refractivity contribution in [3.8, 4) is 0 Å². The molecule has 7 heteroatoms. The first-order valence-electron chi connectivity index (χ1n) is 5.46. The van der Waals surface area contributed by atoms with Gasteiger partial charge in [-0.3, -0.25) is 4.79 Å². The van der Waals surface area contributed by atoms with E-state index in [1.54, 1.807) is 12.1 Å². The van der Waals surface area contributed by atoms with Crippen molar-refractivity contribution in [1.82, 2.24) is 4.72 Å². The normalized spacial score (nSPS) is 13.2. The van der Waals surface area contributed by atoms with Gasteiger partial charge in [0.05, 0.1) is 4.90 Å². The predicted molar refractivity (Wildman–Crippen MR) is 68.0 cm³/mol. The largest absolute Gasteiger partial charge is 0.370 e. The minimum Gasteiger partial charge on any atom is -0.370 e. The summed E-state index contributed by atoms with van der Waals surface area (Å²) in [4.78, 5) is 10.7. The zero-order valence-corrected chi connectivity index (χ0v) is 10.9. The zero-order chi connectivity index (χ0) is 13.8. The fourth-order valence-corrected chi connectivity index (χ4v) is 2.37. The molecule has 0 bridgehead atoms. The van der Waals surface area contributed by atoms with Gasteiger partial charge in [-0.1, -0.05) is 12.1 Å². The summed E-state index contributed by atoms with van der Waals surface area (Å²) in [6.45, 7) is 1.81. The van der Waals surface area contributed by atoms with E-state index in [1.807, 2.05) is 6.92 Å². The summed E-state index contributed by atoms with van der Waals surface area (Å²) >= 11 is 0. The second-order valence-corrected chi connectivity index (χ2v) is 5.74. The van der Waals surface area contributed by atoms with Crippen LogP contribution in [0.25, 0.3) is 0 Å². The summed E-state index contributed by atoms with van der Waals surface area (Å²) in [7, 11) is -3.60. The highest BCUT2D eigenvalue weighted by molar-refractivity contribution is 7.89. The van der Waals surface area contributed by atoms with E-state index in [4.69, 9.17) is 11.5 Å². The zero-order valence-electron chi connectivity index (χ0n) is 10.1. The minimum absolute atomic E-state index is 0.00723. The Morgan fingerprint density at radius 2 is 1.89 bits per heavy atom. The van der Waals surface area contributed by atoms with Gasteiger partial charge in [-0.2, -0.15) is 0 Å². The Labute approximate surface area is 106 Å². The maximum Gasteiger partial charge on any atom is 0.240 e. The molecule has 18 heavy (non-hydrogen) atoms. The third kappa shape index (κ3) is 4.10. The lowest BCUT2D eigenvalue weighted by atomic mass is 10.1. The van der Waals surface area contributed by atoms with Crippen LogP contribution in [0.1, 0.15) is 24.9 Å². The first kappa shape index (κ1) is 14.6.